The summed E-state index contributed by atoms with van der Waals surface area (Å²) in [6.45, 7) is 0. The molecule has 1 aliphatic heterocycles. The molecule has 4 N–H and O–H groups in total. The van der Waals surface area contributed by atoms with Crippen LogP contribution in [0.3, 0.4) is 0 Å². The smallest absolute Gasteiger partial charge is 0.326 e. The summed E-state index contributed by atoms with van der Waals surface area (Å²) in [6, 6.07) is 2.79. The van der Waals surface area contributed by atoms with Crippen LogP contribution in [0.4, 0.5) is 4.39 Å². The maximum atomic E-state index is 13.1. The van der Waals surface area contributed by atoms with E-state index in [1.54, 1.807) is 0 Å². The van der Waals surface area contributed by atoms with Gasteiger partial charge in [0.1, 0.15) is 17.6 Å². The van der Waals surface area contributed by atoms with E-state index in [9.17, 15) is 18.8 Å². The maximum Gasteiger partial charge on any atom is 0.326 e. The molecule has 124 valence electrons. The Hall–Kier alpha value is -2.64. The molecule has 1 unspecified atom stereocenters. The van der Waals surface area contributed by atoms with E-state index in [4.69, 9.17) is 15.6 Å². The Morgan fingerprint density at radius 2 is 2.17 bits per heavy atom. The number of ether oxygens (including phenoxy) is 1. The Bertz CT molecular complexity index is 634. The number of rotatable bonds is 6. The number of aliphatic carboxylic acids is 1. The molecular weight excluding hydrogens is 307 g/mol. The molecule has 0 saturated heterocycles. The normalized spacial score (nSPS) is 17.5. The van der Waals surface area contributed by atoms with Crippen molar-refractivity contribution in [2.75, 3.05) is 0 Å². The van der Waals surface area contributed by atoms with Crippen LogP contribution in [0.15, 0.2) is 18.2 Å². The summed E-state index contributed by atoms with van der Waals surface area (Å²) < 4.78 is 18.6. The number of benzene rings is 1. The lowest BCUT2D eigenvalue weighted by atomic mass is 10.0. The van der Waals surface area contributed by atoms with Gasteiger partial charge in [-0.2, -0.15) is 0 Å². The van der Waals surface area contributed by atoms with Crippen LogP contribution in [-0.2, 0) is 20.8 Å². The van der Waals surface area contributed by atoms with Gasteiger partial charge in [0.2, 0.25) is 5.91 Å². The number of amides is 2. The molecule has 0 bridgehead atoms. The van der Waals surface area contributed by atoms with Gasteiger partial charge in [-0.25, -0.2) is 9.18 Å². The van der Waals surface area contributed by atoms with E-state index < -0.39 is 29.9 Å². The summed E-state index contributed by atoms with van der Waals surface area (Å²) in [5.74, 6) is -2.46. The molecule has 2 atom stereocenters. The standard InChI is InChI=1S/C15H17FN2O5/c16-9-2-5-11-8(7-9)1-4-12(23-11)14(20)18-10(15(21)22)3-6-13(17)19/h2,5,7,10,12H,1,3-4,6H2,(H2,17,19)(H,18,20)(H,21,22)/t10-,12?/m0/s1. The van der Waals surface area contributed by atoms with E-state index in [1.807, 2.05) is 0 Å². The van der Waals surface area contributed by atoms with Crippen molar-refractivity contribution in [1.29, 1.82) is 0 Å². The summed E-state index contributed by atoms with van der Waals surface area (Å²) in [6.07, 6.45) is -0.340. The van der Waals surface area contributed by atoms with E-state index in [2.05, 4.69) is 5.32 Å². The van der Waals surface area contributed by atoms with Crippen LogP contribution in [-0.4, -0.2) is 35.0 Å². The predicted molar refractivity (Wildman–Crippen MR) is 77.1 cm³/mol. The SMILES string of the molecule is NC(=O)CC[C@H](NC(=O)C1CCc2cc(F)ccc2O1)C(=O)O. The fourth-order valence-corrected chi connectivity index (χ4v) is 2.35. The highest BCUT2D eigenvalue weighted by Gasteiger charge is 2.29. The van der Waals surface area contributed by atoms with Gasteiger partial charge in [0, 0.05) is 6.42 Å². The van der Waals surface area contributed by atoms with E-state index >= 15 is 0 Å². The van der Waals surface area contributed by atoms with Gasteiger partial charge in [-0.3, -0.25) is 9.59 Å². The average molecular weight is 324 g/mol. The number of carboxylic acids is 1. The minimum Gasteiger partial charge on any atom is -0.480 e. The largest absolute Gasteiger partial charge is 0.480 e. The second-order valence-corrected chi connectivity index (χ2v) is 5.30. The number of fused-ring (bicyclic) bond motifs is 1. The molecule has 1 aromatic rings. The van der Waals surface area contributed by atoms with Crippen molar-refractivity contribution >= 4 is 17.8 Å². The van der Waals surface area contributed by atoms with Crippen molar-refractivity contribution in [3.8, 4) is 5.75 Å². The van der Waals surface area contributed by atoms with Gasteiger partial charge < -0.3 is 20.9 Å². The van der Waals surface area contributed by atoms with Crippen LogP contribution >= 0.6 is 0 Å². The molecule has 2 amide bonds. The Kier molecular flexibility index (Phi) is 5.15. The highest BCUT2D eigenvalue weighted by molar-refractivity contribution is 5.87. The number of carbonyl (C=O) groups is 3. The topological polar surface area (TPSA) is 119 Å². The molecule has 1 heterocycles. The maximum absolute atomic E-state index is 13.1. The lowest BCUT2D eigenvalue weighted by Crippen LogP contribution is -2.48. The van der Waals surface area contributed by atoms with E-state index in [-0.39, 0.29) is 18.7 Å². The summed E-state index contributed by atoms with van der Waals surface area (Å²) >= 11 is 0. The number of aryl methyl sites for hydroxylation is 1. The molecule has 0 fully saturated rings. The second-order valence-electron chi connectivity index (χ2n) is 5.30. The van der Waals surface area contributed by atoms with Crippen LogP contribution in [0, 0.1) is 5.82 Å². The van der Waals surface area contributed by atoms with Crippen molar-refractivity contribution in [1.82, 2.24) is 5.32 Å². The third-order valence-electron chi connectivity index (χ3n) is 3.55. The monoisotopic (exact) mass is 324 g/mol. The van der Waals surface area contributed by atoms with E-state index in [1.165, 1.54) is 18.2 Å². The fourth-order valence-electron chi connectivity index (χ4n) is 2.35. The van der Waals surface area contributed by atoms with Crippen molar-refractivity contribution in [2.45, 2.75) is 37.8 Å². The van der Waals surface area contributed by atoms with Gasteiger partial charge in [-0.1, -0.05) is 0 Å². The number of nitrogens with two attached hydrogens (primary N) is 1. The first-order chi connectivity index (χ1) is 10.9. The Balaban J connectivity index is 1.98. The molecule has 8 heteroatoms. The second kappa shape index (κ2) is 7.08. The molecule has 0 aliphatic carbocycles. The summed E-state index contributed by atoms with van der Waals surface area (Å²) in [7, 11) is 0. The summed E-state index contributed by atoms with van der Waals surface area (Å²) in [5.41, 5.74) is 5.64. The molecule has 2 rings (SSSR count). The van der Waals surface area contributed by atoms with Gasteiger partial charge in [0.05, 0.1) is 0 Å². The molecule has 7 nitrogen and oxygen atoms in total. The Morgan fingerprint density at radius 1 is 1.43 bits per heavy atom. The van der Waals surface area contributed by atoms with Crippen LogP contribution < -0.4 is 15.8 Å². The molecule has 1 aromatic carbocycles. The summed E-state index contributed by atoms with van der Waals surface area (Å²) in [4.78, 5) is 34.0. The Labute approximate surface area is 131 Å². The molecular formula is C15H17FN2O5. The molecule has 1 aliphatic rings. The fraction of sp³-hybridized carbons (Fsp3) is 0.400. The highest BCUT2D eigenvalue weighted by Crippen LogP contribution is 2.28. The zero-order valence-electron chi connectivity index (χ0n) is 12.3. The van der Waals surface area contributed by atoms with Gasteiger partial charge >= 0.3 is 5.97 Å². The first kappa shape index (κ1) is 16.7. The third kappa shape index (κ3) is 4.41. The van der Waals surface area contributed by atoms with Crippen molar-refractivity contribution in [3.05, 3.63) is 29.6 Å². The number of hydrogen-bond donors (Lipinski definition) is 3. The van der Waals surface area contributed by atoms with Gasteiger partial charge in [-0.15, -0.1) is 0 Å². The predicted octanol–water partition coefficient (Wildman–Crippen LogP) is 0.354. The number of carboxylic acid groups (broad SMARTS) is 1. The van der Waals surface area contributed by atoms with Crippen LogP contribution in [0.5, 0.6) is 5.75 Å². The quantitative estimate of drug-likeness (QED) is 0.698. The minimum atomic E-state index is -1.25. The van der Waals surface area contributed by atoms with Crippen LogP contribution in [0.2, 0.25) is 0 Å². The van der Waals surface area contributed by atoms with Crippen molar-refractivity contribution < 1.29 is 28.6 Å². The zero-order valence-corrected chi connectivity index (χ0v) is 12.3. The highest BCUT2D eigenvalue weighted by atomic mass is 19.1. The number of primary amides is 1. The average Bonchev–Trinajstić information content (AvgIpc) is 2.50. The third-order valence-corrected chi connectivity index (χ3v) is 3.55. The van der Waals surface area contributed by atoms with E-state index in [0.717, 1.165) is 0 Å². The van der Waals surface area contributed by atoms with Crippen LogP contribution in [0.25, 0.3) is 0 Å². The minimum absolute atomic E-state index is 0.0923. The molecule has 0 saturated carbocycles. The first-order valence-corrected chi connectivity index (χ1v) is 7.13. The summed E-state index contributed by atoms with van der Waals surface area (Å²) in [5, 5.41) is 11.4. The number of carbonyl (C=O) groups excluding carboxylic acids is 2. The molecule has 0 radical (unpaired) electrons. The van der Waals surface area contributed by atoms with E-state index in [0.29, 0.717) is 24.2 Å². The Morgan fingerprint density at radius 3 is 2.83 bits per heavy atom. The number of nitrogens with one attached hydrogen (secondary N) is 1. The molecule has 0 aromatic heterocycles. The van der Waals surface area contributed by atoms with Crippen molar-refractivity contribution in [2.24, 2.45) is 5.73 Å². The lowest BCUT2D eigenvalue weighted by molar-refractivity contribution is -0.143. The zero-order chi connectivity index (χ0) is 17.0. The first-order valence-electron chi connectivity index (χ1n) is 7.13. The van der Waals surface area contributed by atoms with Crippen molar-refractivity contribution in [3.63, 3.8) is 0 Å². The molecule has 0 spiro atoms. The van der Waals surface area contributed by atoms with Gasteiger partial charge in [0.25, 0.3) is 5.91 Å². The lowest BCUT2D eigenvalue weighted by Gasteiger charge is -2.26. The molecule has 23 heavy (non-hydrogen) atoms. The van der Waals surface area contributed by atoms with Gasteiger partial charge in [-0.05, 0) is 43.0 Å². The van der Waals surface area contributed by atoms with Gasteiger partial charge in [0.15, 0.2) is 6.10 Å². The van der Waals surface area contributed by atoms with Crippen LogP contribution in [0.1, 0.15) is 24.8 Å². The number of hydrogen-bond acceptors (Lipinski definition) is 4. The number of halogens is 1.